The number of rotatable bonds is 7. The average Bonchev–Trinajstić information content (AvgIpc) is 3.45. The Labute approximate surface area is 243 Å². The number of aryl methyl sites for hydroxylation is 3. The molecule has 1 aliphatic rings. The summed E-state index contributed by atoms with van der Waals surface area (Å²) in [5.74, 6) is -0.276. The summed E-state index contributed by atoms with van der Waals surface area (Å²) in [6.07, 6.45) is -0.384. The molecule has 212 valence electrons. The molecule has 2 unspecified atom stereocenters. The van der Waals surface area contributed by atoms with Gasteiger partial charge in [0.2, 0.25) is 10.0 Å². The third-order valence-corrected chi connectivity index (χ3v) is 9.97. The van der Waals surface area contributed by atoms with Crippen molar-refractivity contribution in [1.82, 2.24) is 19.1 Å². The minimum atomic E-state index is -3.72. The van der Waals surface area contributed by atoms with Crippen LogP contribution in [0.15, 0.2) is 47.4 Å². The van der Waals surface area contributed by atoms with Crippen molar-refractivity contribution >= 4 is 54.2 Å². The summed E-state index contributed by atoms with van der Waals surface area (Å²) in [6, 6.07) is 11.8. The molecule has 1 saturated heterocycles. The summed E-state index contributed by atoms with van der Waals surface area (Å²) in [6.45, 7) is 10.9. The maximum atomic E-state index is 13.9. The zero-order chi connectivity index (χ0) is 28.8. The molecular formula is C28H32ClN5O4S2. The van der Waals surface area contributed by atoms with Gasteiger partial charge in [0, 0.05) is 35.9 Å². The first-order valence-electron chi connectivity index (χ1n) is 13.1. The maximum absolute atomic E-state index is 13.9. The van der Waals surface area contributed by atoms with Crippen molar-refractivity contribution in [2.24, 2.45) is 0 Å². The molecule has 2 aromatic carbocycles. The Hall–Kier alpha value is -2.83. The molecule has 4 aromatic rings. The Balaban J connectivity index is 1.45. The van der Waals surface area contributed by atoms with E-state index in [1.165, 1.54) is 27.8 Å². The fourth-order valence-corrected chi connectivity index (χ4v) is 8.07. The number of benzene rings is 2. The second kappa shape index (κ2) is 11.2. The third-order valence-electron chi connectivity index (χ3n) is 6.88. The molecule has 0 aliphatic carbocycles. The van der Waals surface area contributed by atoms with E-state index in [-0.39, 0.29) is 36.1 Å². The lowest BCUT2D eigenvalue weighted by Crippen LogP contribution is -2.48. The van der Waals surface area contributed by atoms with Crippen LogP contribution < -0.4 is 4.90 Å². The number of thiazole rings is 1. The number of nitrogens with zero attached hydrogens (tertiary/aromatic N) is 5. The van der Waals surface area contributed by atoms with Crippen LogP contribution in [-0.4, -0.2) is 65.2 Å². The van der Waals surface area contributed by atoms with Gasteiger partial charge in [-0.2, -0.15) is 9.40 Å². The number of morpholine rings is 1. The minimum Gasteiger partial charge on any atom is -0.373 e. The van der Waals surface area contributed by atoms with E-state index in [0.29, 0.717) is 28.8 Å². The molecule has 0 bridgehead atoms. The molecule has 0 saturated carbocycles. The highest BCUT2D eigenvalue weighted by Crippen LogP contribution is 2.34. The molecule has 0 radical (unpaired) electrons. The number of fused-ring (bicyclic) bond motifs is 1. The molecule has 2 atom stereocenters. The first-order chi connectivity index (χ1) is 18.9. The van der Waals surface area contributed by atoms with Crippen molar-refractivity contribution in [3.05, 3.63) is 70.0 Å². The monoisotopic (exact) mass is 601 g/mol. The Bertz CT molecular complexity index is 1660. The van der Waals surface area contributed by atoms with Gasteiger partial charge in [-0.3, -0.25) is 14.4 Å². The van der Waals surface area contributed by atoms with Crippen molar-refractivity contribution in [3.8, 4) is 0 Å². The van der Waals surface area contributed by atoms with Gasteiger partial charge in [-0.15, -0.1) is 0 Å². The molecule has 1 amide bonds. The number of carbonyl (C=O) groups excluding carboxylic acids is 1. The van der Waals surface area contributed by atoms with E-state index >= 15 is 0 Å². The Kier molecular flexibility index (Phi) is 8.04. The van der Waals surface area contributed by atoms with Crippen LogP contribution in [0.3, 0.4) is 0 Å². The van der Waals surface area contributed by atoms with Gasteiger partial charge in [-0.25, -0.2) is 13.4 Å². The van der Waals surface area contributed by atoms with Crippen molar-refractivity contribution in [2.45, 2.75) is 58.3 Å². The largest absolute Gasteiger partial charge is 0.373 e. The summed E-state index contributed by atoms with van der Waals surface area (Å²) in [7, 11) is -3.72. The first-order valence-corrected chi connectivity index (χ1v) is 15.7. The molecule has 0 spiro atoms. The minimum absolute atomic E-state index is 0.143. The first kappa shape index (κ1) is 28.7. The van der Waals surface area contributed by atoms with Crippen molar-refractivity contribution in [3.63, 3.8) is 0 Å². The summed E-state index contributed by atoms with van der Waals surface area (Å²) < 4.78 is 36.5. The van der Waals surface area contributed by atoms with Crippen LogP contribution in [0.4, 0.5) is 5.13 Å². The van der Waals surface area contributed by atoms with Crippen LogP contribution in [0, 0.1) is 20.8 Å². The van der Waals surface area contributed by atoms with Gasteiger partial charge in [-0.05, 0) is 82.6 Å². The number of sulfonamides is 1. The fourth-order valence-electron chi connectivity index (χ4n) is 5.04. The molecule has 1 fully saturated rings. The van der Waals surface area contributed by atoms with Crippen LogP contribution >= 0.6 is 22.9 Å². The lowest BCUT2D eigenvalue weighted by molar-refractivity contribution is -0.0440. The van der Waals surface area contributed by atoms with Gasteiger partial charge in [-0.1, -0.05) is 22.9 Å². The highest BCUT2D eigenvalue weighted by molar-refractivity contribution is 7.89. The maximum Gasteiger partial charge on any atom is 0.260 e. The van der Waals surface area contributed by atoms with Gasteiger partial charge in [0.15, 0.2) is 5.13 Å². The summed E-state index contributed by atoms with van der Waals surface area (Å²) >= 11 is 7.68. The SMILES string of the molecule is Cc1cc(C)n(CCN(C(=O)c2ccc(S(=O)(=O)N3CC(C)OC(C)C3)cc2)c2nc3c(C)cc(Cl)cc3s2)n1. The highest BCUT2D eigenvalue weighted by atomic mass is 35.5. The normalized spacial score (nSPS) is 18.4. The van der Waals surface area contributed by atoms with Crippen molar-refractivity contribution in [1.29, 1.82) is 0 Å². The van der Waals surface area contributed by atoms with Gasteiger partial charge in [0.1, 0.15) is 0 Å². The quantitative estimate of drug-likeness (QED) is 0.288. The van der Waals surface area contributed by atoms with E-state index in [1.807, 2.05) is 57.5 Å². The number of aromatic nitrogens is 3. The molecular weight excluding hydrogens is 570 g/mol. The highest BCUT2D eigenvalue weighted by Gasteiger charge is 2.32. The van der Waals surface area contributed by atoms with Gasteiger partial charge in [0.25, 0.3) is 5.91 Å². The molecule has 3 heterocycles. The summed E-state index contributed by atoms with van der Waals surface area (Å²) in [4.78, 5) is 20.5. The Morgan fingerprint density at radius 1 is 1.10 bits per heavy atom. The molecule has 5 rings (SSSR count). The van der Waals surface area contributed by atoms with E-state index in [4.69, 9.17) is 21.3 Å². The standard InChI is InChI=1S/C28H32ClN5O4S2/c1-17-12-23(29)14-25-26(17)30-28(39-25)33(10-11-34-19(3)13-18(2)31-34)27(35)22-6-8-24(9-7-22)40(36,37)32-15-20(4)38-21(5)16-32/h6-9,12-14,20-21H,10-11,15-16H2,1-5H3. The lowest BCUT2D eigenvalue weighted by Gasteiger charge is -2.34. The molecule has 2 aromatic heterocycles. The number of hydrogen-bond donors (Lipinski definition) is 0. The van der Waals surface area contributed by atoms with Crippen LogP contribution in [0.25, 0.3) is 10.2 Å². The number of ether oxygens (including phenoxy) is 1. The van der Waals surface area contributed by atoms with E-state index < -0.39 is 10.0 Å². The fraction of sp³-hybridized carbons (Fsp3) is 0.393. The molecule has 9 nitrogen and oxygen atoms in total. The van der Waals surface area contributed by atoms with Crippen molar-refractivity contribution < 1.29 is 17.9 Å². The number of halogens is 1. The number of anilines is 1. The average molecular weight is 602 g/mol. The van der Waals surface area contributed by atoms with Crippen molar-refractivity contribution in [2.75, 3.05) is 24.5 Å². The van der Waals surface area contributed by atoms with Crippen LogP contribution in [-0.2, 0) is 21.3 Å². The van der Waals surface area contributed by atoms with Gasteiger partial charge >= 0.3 is 0 Å². The summed E-state index contributed by atoms with van der Waals surface area (Å²) in [5, 5.41) is 5.69. The van der Waals surface area contributed by atoms with E-state index in [0.717, 1.165) is 27.2 Å². The lowest BCUT2D eigenvalue weighted by atomic mass is 10.2. The third kappa shape index (κ3) is 5.80. The zero-order valence-electron chi connectivity index (χ0n) is 23.1. The predicted octanol–water partition coefficient (Wildman–Crippen LogP) is 5.22. The topological polar surface area (TPSA) is 97.6 Å². The predicted molar refractivity (Wildman–Crippen MR) is 158 cm³/mol. The van der Waals surface area contributed by atoms with E-state index in [1.54, 1.807) is 17.0 Å². The van der Waals surface area contributed by atoms with Gasteiger partial charge in [0.05, 0.1) is 39.6 Å². The van der Waals surface area contributed by atoms with E-state index in [2.05, 4.69) is 5.10 Å². The van der Waals surface area contributed by atoms with Crippen LogP contribution in [0.1, 0.15) is 41.2 Å². The summed E-state index contributed by atoms with van der Waals surface area (Å²) in [5.41, 5.74) is 3.99. The molecule has 0 N–H and O–H groups in total. The zero-order valence-corrected chi connectivity index (χ0v) is 25.5. The number of amides is 1. The Morgan fingerprint density at radius 3 is 2.40 bits per heavy atom. The van der Waals surface area contributed by atoms with Crippen LogP contribution in [0.2, 0.25) is 5.02 Å². The van der Waals surface area contributed by atoms with E-state index in [9.17, 15) is 13.2 Å². The molecule has 40 heavy (non-hydrogen) atoms. The number of carbonyl (C=O) groups is 1. The second-order valence-corrected chi connectivity index (χ2v) is 13.7. The van der Waals surface area contributed by atoms with Gasteiger partial charge < -0.3 is 4.74 Å². The Morgan fingerprint density at radius 2 is 1.77 bits per heavy atom. The smallest absolute Gasteiger partial charge is 0.260 e. The molecule has 1 aliphatic heterocycles. The second-order valence-electron chi connectivity index (χ2n) is 10.3. The molecule has 12 heteroatoms. The number of hydrogen-bond acceptors (Lipinski definition) is 7. The van der Waals surface area contributed by atoms with Crippen LogP contribution in [0.5, 0.6) is 0 Å².